The lowest BCUT2D eigenvalue weighted by atomic mass is 10.1. The van der Waals surface area contributed by atoms with Gasteiger partial charge in [-0.15, -0.1) is 0 Å². The van der Waals surface area contributed by atoms with E-state index in [0.717, 1.165) is 57.8 Å². The molecule has 5 nitrogen and oxygen atoms in total. The fourth-order valence-electron chi connectivity index (χ4n) is 4.22. The van der Waals surface area contributed by atoms with Gasteiger partial charge in [0.25, 0.3) is 0 Å². The summed E-state index contributed by atoms with van der Waals surface area (Å²) >= 11 is 0. The van der Waals surface area contributed by atoms with Gasteiger partial charge in [0, 0.05) is 12.8 Å². The number of aliphatic hydroxyl groups excluding tert-OH is 1. The monoisotopic (exact) mass is 598 g/mol. The minimum atomic E-state index is -0.811. The van der Waals surface area contributed by atoms with E-state index in [4.69, 9.17) is 9.47 Å². The first-order valence-corrected chi connectivity index (χ1v) is 17.0. The molecule has 0 spiro atoms. The van der Waals surface area contributed by atoms with Crippen molar-refractivity contribution in [1.82, 2.24) is 0 Å². The van der Waals surface area contributed by atoms with Gasteiger partial charge in [-0.25, -0.2) is 0 Å². The summed E-state index contributed by atoms with van der Waals surface area (Å²) in [6.45, 7) is 3.92. The van der Waals surface area contributed by atoms with Gasteiger partial charge in [0.15, 0.2) is 6.10 Å². The Kier molecular flexibility index (Phi) is 31.7. The Bertz CT molecular complexity index is 818. The predicted octanol–water partition coefficient (Wildman–Crippen LogP) is 10.2. The summed E-state index contributed by atoms with van der Waals surface area (Å²) < 4.78 is 10.5. The average molecular weight is 599 g/mol. The van der Waals surface area contributed by atoms with Crippen LogP contribution in [-0.4, -0.2) is 36.4 Å². The van der Waals surface area contributed by atoms with E-state index >= 15 is 0 Å². The van der Waals surface area contributed by atoms with Crippen molar-refractivity contribution in [2.75, 3.05) is 13.2 Å². The van der Waals surface area contributed by atoms with Gasteiger partial charge in [-0.2, -0.15) is 0 Å². The van der Waals surface area contributed by atoms with E-state index in [-0.39, 0.29) is 25.6 Å². The van der Waals surface area contributed by atoms with Gasteiger partial charge in [0.05, 0.1) is 6.61 Å². The molecule has 0 aliphatic carbocycles. The molecule has 0 rings (SSSR count). The third-order valence-electron chi connectivity index (χ3n) is 6.78. The molecule has 0 aromatic heterocycles. The van der Waals surface area contributed by atoms with Crippen LogP contribution in [0.1, 0.15) is 136 Å². The zero-order chi connectivity index (χ0) is 31.5. The summed E-state index contributed by atoms with van der Waals surface area (Å²) in [5.74, 6) is -0.698. The molecule has 1 atom stereocenters. The fraction of sp³-hybridized carbons (Fsp3) is 0.632. The van der Waals surface area contributed by atoms with Crippen LogP contribution in [0.15, 0.2) is 72.9 Å². The highest BCUT2D eigenvalue weighted by atomic mass is 16.6. The number of carbonyl (C=O) groups is 2. The summed E-state index contributed by atoms with van der Waals surface area (Å²) in [4.78, 5) is 24.0. The molecule has 43 heavy (non-hydrogen) atoms. The van der Waals surface area contributed by atoms with Crippen molar-refractivity contribution in [2.24, 2.45) is 0 Å². The Morgan fingerprint density at radius 2 is 1.00 bits per heavy atom. The summed E-state index contributed by atoms with van der Waals surface area (Å²) in [6.07, 6.45) is 43.9. The van der Waals surface area contributed by atoms with E-state index in [9.17, 15) is 14.7 Å². The Hall–Kier alpha value is -2.66. The number of hydrogen-bond donors (Lipinski definition) is 1. The molecule has 0 aliphatic rings. The van der Waals surface area contributed by atoms with Crippen LogP contribution in [0.2, 0.25) is 0 Å². The van der Waals surface area contributed by atoms with E-state index in [2.05, 4.69) is 74.6 Å². The highest BCUT2D eigenvalue weighted by molar-refractivity contribution is 5.70. The highest BCUT2D eigenvalue weighted by Gasteiger charge is 2.15. The summed E-state index contributed by atoms with van der Waals surface area (Å²) in [7, 11) is 0. The lowest BCUT2D eigenvalue weighted by molar-refractivity contribution is -0.161. The van der Waals surface area contributed by atoms with E-state index in [0.29, 0.717) is 12.8 Å². The molecule has 0 bridgehead atoms. The van der Waals surface area contributed by atoms with Crippen LogP contribution in [0.25, 0.3) is 0 Å². The Morgan fingerprint density at radius 3 is 1.47 bits per heavy atom. The van der Waals surface area contributed by atoms with Gasteiger partial charge in [-0.05, 0) is 51.4 Å². The predicted molar refractivity (Wildman–Crippen MR) is 182 cm³/mol. The summed E-state index contributed by atoms with van der Waals surface area (Å²) in [5.41, 5.74) is 0. The number of aliphatic hydroxyl groups is 1. The zero-order valence-corrected chi connectivity index (χ0v) is 27.4. The van der Waals surface area contributed by atoms with Crippen molar-refractivity contribution < 1.29 is 24.2 Å². The van der Waals surface area contributed by atoms with E-state index < -0.39 is 12.1 Å². The average Bonchev–Trinajstić information content (AvgIpc) is 3.01. The minimum Gasteiger partial charge on any atom is -0.462 e. The second kappa shape index (κ2) is 33.8. The van der Waals surface area contributed by atoms with E-state index in [1.165, 1.54) is 44.9 Å². The van der Waals surface area contributed by atoms with Gasteiger partial charge < -0.3 is 14.6 Å². The largest absolute Gasteiger partial charge is 0.462 e. The molecule has 244 valence electrons. The van der Waals surface area contributed by atoms with Gasteiger partial charge in [-0.3, -0.25) is 9.59 Å². The van der Waals surface area contributed by atoms with Crippen LogP contribution in [0.4, 0.5) is 0 Å². The minimum absolute atomic E-state index is 0.0985. The Balaban J connectivity index is 3.77. The van der Waals surface area contributed by atoms with Gasteiger partial charge in [0.1, 0.15) is 6.61 Å². The zero-order valence-electron chi connectivity index (χ0n) is 27.4. The SMILES string of the molecule is CC/C=C\C/C=C\C/C=C\C/C=C\C/C=C\C/C=C\CCC(=O)OC(CO)COC(=O)CCCCCCCCCCCC. The third kappa shape index (κ3) is 32.1. The second-order valence-corrected chi connectivity index (χ2v) is 10.9. The van der Waals surface area contributed by atoms with Crippen LogP contribution in [-0.2, 0) is 19.1 Å². The number of esters is 2. The summed E-state index contributed by atoms with van der Waals surface area (Å²) in [6, 6.07) is 0. The smallest absolute Gasteiger partial charge is 0.306 e. The molecule has 0 heterocycles. The third-order valence-corrected chi connectivity index (χ3v) is 6.78. The normalized spacial score (nSPS) is 13.1. The molecular formula is C38H62O5. The van der Waals surface area contributed by atoms with Crippen molar-refractivity contribution in [3.8, 4) is 0 Å². The molecule has 5 heteroatoms. The van der Waals surface area contributed by atoms with Crippen LogP contribution in [0.3, 0.4) is 0 Å². The van der Waals surface area contributed by atoms with Crippen molar-refractivity contribution in [3.63, 3.8) is 0 Å². The van der Waals surface area contributed by atoms with Crippen molar-refractivity contribution in [3.05, 3.63) is 72.9 Å². The first-order valence-electron chi connectivity index (χ1n) is 17.0. The number of ether oxygens (including phenoxy) is 2. The topological polar surface area (TPSA) is 72.8 Å². The molecule has 0 aliphatic heterocycles. The first kappa shape index (κ1) is 40.3. The first-order chi connectivity index (χ1) is 21.1. The molecular weight excluding hydrogens is 536 g/mol. The van der Waals surface area contributed by atoms with Crippen molar-refractivity contribution in [1.29, 1.82) is 0 Å². The van der Waals surface area contributed by atoms with Crippen LogP contribution in [0, 0.1) is 0 Å². The molecule has 0 saturated heterocycles. The maximum atomic E-state index is 12.1. The molecule has 1 unspecified atom stereocenters. The second-order valence-electron chi connectivity index (χ2n) is 10.9. The highest BCUT2D eigenvalue weighted by Crippen LogP contribution is 2.12. The number of unbranched alkanes of at least 4 members (excludes halogenated alkanes) is 9. The molecule has 0 amide bonds. The number of allylic oxidation sites excluding steroid dienone is 12. The van der Waals surface area contributed by atoms with Crippen molar-refractivity contribution in [2.45, 2.75) is 142 Å². The lowest BCUT2D eigenvalue weighted by Gasteiger charge is -2.15. The standard InChI is InChI=1S/C38H62O5/c1-3-5-7-9-11-13-15-16-17-18-19-20-21-22-23-25-27-29-31-33-38(41)43-36(34-39)35-42-37(40)32-30-28-26-24-14-12-10-8-6-4-2/h5,7,11,13,16-17,19-20,22-23,27,29,36,39H,3-4,6,8-10,12,14-15,18,21,24-26,28,30-35H2,1-2H3/b7-5-,13-11-,17-16-,20-19-,23-22-,29-27-. The van der Waals surface area contributed by atoms with Crippen molar-refractivity contribution >= 4 is 11.9 Å². The van der Waals surface area contributed by atoms with E-state index in [1.807, 2.05) is 12.2 Å². The Morgan fingerprint density at radius 1 is 0.558 bits per heavy atom. The maximum Gasteiger partial charge on any atom is 0.306 e. The summed E-state index contributed by atoms with van der Waals surface area (Å²) in [5, 5.41) is 9.48. The van der Waals surface area contributed by atoms with Gasteiger partial charge in [0.2, 0.25) is 0 Å². The molecule has 0 fully saturated rings. The number of carbonyl (C=O) groups excluding carboxylic acids is 2. The lowest BCUT2D eigenvalue weighted by Crippen LogP contribution is -2.28. The molecule has 0 aromatic carbocycles. The quantitative estimate of drug-likeness (QED) is 0.0527. The molecule has 1 N–H and O–H groups in total. The fourth-order valence-corrected chi connectivity index (χ4v) is 4.22. The van der Waals surface area contributed by atoms with Gasteiger partial charge >= 0.3 is 11.9 Å². The Labute approximate surface area is 263 Å². The molecule has 0 aromatic rings. The van der Waals surface area contributed by atoms with Crippen LogP contribution < -0.4 is 0 Å². The van der Waals surface area contributed by atoms with E-state index in [1.54, 1.807) is 0 Å². The van der Waals surface area contributed by atoms with Crippen LogP contribution in [0.5, 0.6) is 0 Å². The molecule has 0 saturated carbocycles. The molecule has 0 radical (unpaired) electrons. The maximum absolute atomic E-state index is 12.1. The van der Waals surface area contributed by atoms with Crippen LogP contribution >= 0.6 is 0 Å². The van der Waals surface area contributed by atoms with Gasteiger partial charge in [-0.1, -0.05) is 145 Å². The number of hydrogen-bond acceptors (Lipinski definition) is 5. The number of rotatable bonds is 29.